The number of ether oxygens (including phenoxy) is 1. The molecule has 1 aromatic rings. The van der Waals surface area contributed by atoms with Crippen LogP contribution in [0.25, 0.3) is 0 Å². The van der Waals surface area contributed by atoms with Crippen LogP contribution in [0.1, 0.15) is 19.8 Å². The second-order valence-electron chi connectivity index (χ2n) is 3.09. The summed E-state index contributed by atoms with van der Waals surface area (Å²) in [5.41, 5.74) is 0. The Morgan fingerprint density at radius 3 is 3.13 bits per heavy atom. The monoisotopic (exact) mass is 207 g/mol. The highest BCUT2D eigenvalue weighted by Gasteiger charge is 1.97. The SMILES string of the molecule is C=CCCOc1cc(NCCC)ncn1. The van der Waals surface area contributed by atoms with Gasteiger partial charge in [-0.05, 0) is 12.8 Å². The molecule has 1 N–H and O–H groups in total. The quantitative estimate of drug-likeness (QED) is 0.550. The van der Waals surface area contributed by atoms with Crippen LogP contribution in [-0.2, 0) is 0 Å². The van der Waals surface area contributed by atoms with Gasteiger partial charge in [0.15, 0.2) is 0 Å². The van der Waals surface area contributed by atoms with E-state index in [0.29, 0.717) is 12.5 Å². The third kappa shape index (κ3) is 4.44. The molecule has 0 saturated heterocycles. The number of hydrogen-bond acceptors (Lipinski definition) is 4. The lowest BCUT2D eigenvalue weighted by Crippen LogP contribution is -2.04. The Hall–Kier alpha value is -1.58. The fourth-order valence-electron chi connectivity index (χ4n) is 1.01. The molecule has 82 valence electrons. The number of rotatable bonds is 7. The maximum atomic E-state index is 5.40. The molecule has 0 aliphatic carbocycles. The predicted octanol–water partition coefficient (Wildman–Crippen LogP) is 2.25. The van der Waals surface area contributed by atoms with E-state index in [4.69, 9.17) is 4.74 Å². The molecule has 4 heteroatoms. The van der Waals surface area contributed by atoms with Crippen LogP contribution in [0.4, 0.5) is 5.82 Å². The normalized spacial score (nSPS) is 9.67. The van der Waals surface area contributed by atoms with Crippen molar-refractivity contribution in [2.45, 2.75) is 19.8 Å². The van der Waals surface area contributed by atoms with Crippen LogP contribution >= 0.6 is 0 Å². The Bertz CT molecular complexity index is 302. The highest BCUT2D eigenvalue weighted by Crippen LogP contribution is 2.10. The Labute approximate surface area is 90.4 Å². The van der Waals surface area contributed by atoms with Crippen molar-refractivity contribution in [3.05, 3.63) is 25.0 Å². The van der Waals surface area contributed by atoms with Crippen LogP contribution in [0.5, 0.6) is 5.88 Å². The summed E-state index contributed by atoms with van der Waals surface area (Å²) in [7, 11) is 0. The zero-order valence-electron chi connectivity index (χ0n) is 9.07. The van der Waals surface area contributed by atoms with Crippen LogP contribution in [-0.4, -0.2) is 23.1 Å². The summed E-state index contributed by atoms with van der Waals surface area (Å²) >= 11 is 0. The minimum absolute atomic E-state index is 0.602. The van der Waals surface area contributed by atoms with Crippen molar-refractivity contribution in [2.75, 3.05) is 18.5 Å². The maximum Gasteiger partial charge on any atom is 0.218 e. The van der Waals surface area contributed by atoms with Gasteiger partial charge in [-0.3, -0.25) is 0 Å². The molecule has 4 nitrogen and oxygen atoms in total. The molecule has 0 saturated carbocycles. The molecule has 0 spiro atoms. The molecular weight excluding hydrogens is 190 g/mol. The first-order chi connectivity index (χ1) is 7.36. The van der Waals surface area contributed by atoms with Crippen LogP contribution < -0.4 is 10.1 Å². The number of anilines is 1. The van der Waals surface area contributed by atoms with Crippen molar-refractivity contribution < 1.29 is 4.74 Å². The summed E-state index contributed by atoms with van der Waals surface area (Å²) < 4.78 is 5.40. The molecule has 0 atom stereocenters. The lowest BCUT2D eigenvalue weighted by atomic mass is 10.4. The van der Waals surface area contributed by atoms with Crippen molar-refractivity contribution in [2.24, 2.45) is 0 Å². The standard InChI is InChI=1S/C11H17N3O/c1-3-5-7-15-11-8-10(12-6-4-2)13-9-14-11/h3,8-9H,1,4-7H2,2H3,(H,12,13,14). The molecule has 1 heterocycles. The second kappa shape index (κ2) is 6.81. The minimum Gasteiger partial charge on any atom is -0.477 e. The molecule has 0 aliphatic rings. The van der Waals surface area contributed by atoms with Crippen molar-refractivity contribution in [1.82, 2.24) is 9.97 Å². The average molecular weight is 207 g/mol. The van der Waals surface area contributed by atoms with E-state index in [1.165, 1.54) is 6.33 Å². The minimum atomic E-state index is 0.602. The number of nitrogens with zero attached hydrogens (tertiary/aromatic N) is 2. The summed E-state index contributed by atoms with van der Waals surface area (Å²) in [5.74, 6) is 1.41. The van der Waals surface area contributed by atoms with Crippen molar-refractivity contribution in [3.63, 3.8) is 0 Å². The van der Waals surface area contributed by atoms with Crippen molar-refractivity contribution >= 4 is 5.82 Å². The van der Waals surface area contributed by atoms with E-state index in [-0.39, 0.29) is 0 Å². The van der Waals surface area contributed by atoms with Gasteiger partial charge in [0, 0.05) is 12.6 Å². The van der Waals surface area contributed by atoms with Gasteiger partial charge in [0.25, 0.3) is 0 Å². The van der Waals surface area contributed by atoms with E-state index < -0.39 is 0 Å². The molecule has 0 amide bonds. The highest BCUT2D eigenvalue weighted by atomic mass is 16.5. The van der Waals surface area contributed by atoms with Gasteiger partial charge in [-0.1, -0.05) is 13.0 Å². The molecule has 0 fully saturated rings. The molecule has 1 aromatic heterocycles. The zero-order chi connectivity index (χ0) is 10.9. The second-order valence-corrected chi connectivity index (χ2v) is 3.09. The van der Waals surface area contributed by atoms with Crippen LogP contribution in [0.15, 0.2) is 25.0 Å². The number of nitrogens with one attached hydrogen (secondary N) is 1. The Morgan fingerprint density at radius 2 is 2.40 bits per heavy atom. The fourth-order valence-corrected chi connectivity index (χ4v) is 1.01. The summed E-state index contributed by atoms with van der Waals surface area (Å²) in [5, 5.41) is 3.17. The van der Waals surface area contributed by atoms with Gasteiger partial charge >= 0.3 is 0 Å². The van der Waals surface area contributed by atoms with E-state index in [0.717, 1.165) is 25.2 Å². The third-order valence-electron chi connectivity index (χ3n) is 1.77. The summed E-state index contributed by atoms with van der Waals surface area (Å²) in [6.07, 6.45) is 5.21. The van der Waals surface area contributed by atoms with Crippen LogP contribution in [0, 0.1) is 0 Å². The first-order valence-electron chi connectivity index (χ1n) is 5.16. The molecule has 0 aliphatic heterocycles. The van der Waals surface area contributed by atoms with Gasteiger partial charge in [0.05, 0.1) is 6.61 Å². The van der Waals surface area contributed by atoms with Crippen molar-refractivity contribution in [3.8, 4) is 5.88 Å². The zero-order valence-corrected chi connectivity index (χ0v) is 9.07. The summed E-state index contributed by atoms with van der Waals surface area (Å²) in [6, 6.07) is 1.80. The van der Waals surface area contributed by atoms with Gasteiger partial charge in [-0.25, -0.2) is 9.97 Å². The topological polar surface area (TPSA) is 47.0 Å². The van der Waals surface area contributed by atoms with Gasteiger partial charge in [0.1, 0.15) is 12.1 Å². The average Bonchev–Trinajstić information content (AvgIpc) is 2.27. The lowest BCUT2D eigenvalue weighted by molar-refractivity contribution is 0.312. The molecule has 15 heavy (non-hydrogen) atoms. The fraction of sp³-hybridized carbons (Fsp3) is 0.455. The van der Waals surface area contributed by atoms with E-state index in [1.54, 1.807) is 6.07 Å². The van der Waals surface area contributed by atoms with E-state index in [9.17, 15) is 0 Å². The van der Waals surface area contributed by atoms with Gasteiger partial charge in [-0.2, -0.15) is 0 Å². The van der Waals surface area contributed by atoms with Gasteiger partial charge in [0.2, 0.25) is 5.88 Å². The van der Waals surface area contributed by atoms with E-state index >= 15 is 0 Å². The van der Waals surface area contributed by atoms with Crippen LogP contribution in [0.3, 0.4) is 0 Å². The Balaban J connectivity index is 2.46. The summed E-state index contributed by atoms with van der Waals surface area (Å²) in [6.45, 7) is 7.24. The Kier molecular flexibility index (Phi) is 5.22. The highest BCUT2D eigenvalue weighted by molar-refractivity contribution is 5.36. The lowest BCUT2D eigenvalue weighted by Gasteiger charge is -2.06. The van der Waals surface area contributed by atoms with E-state index in [2.05, 4.69) is 28.8 Å². The third-order valence-corrected chi connectivity index (χ3v) is 1.77. The largest absolute Gasteiger partial charge is 0.477 e. The summed E-state index contributed by atoms with van der Waals surface area (Å²) in [4.78, 5) is 8.09. The van der Waals surface area contributed by atoms with Crippen molar-refractivity contribution in [1.29, 1.82) is 0 Å². The predicted molar refractivity (Wildman–Crippen MR) is 61.1 cm³/mol. The molecule has 0 radical (unpaired) electrons. The molecular formula is C11H17N3O. The first kappa shape index (κ1) is 11.5. The van der Waals surface area contributed by atoms with Crippen LogP contribution in [0.2, 0.25) is 0 Å². The van der Waals surface area contributed by atoms with Gasteiger partial charge in [-0.15, -0.1) is 6.58 Å². The Morgan fingerprint density at radius 1 is 1.53 bits per heavy atom. The molecule has 0 bridgehead atoms. The number of aromatic nitrogens is 2. The number of hydrogen-bond donors (Lipinski definition) is 1. The molecule has 0 aromatic carbocycles. The smallest absolute Gasteiger partial charge is 0.218 e. The van der Waals surface area contributed by atoms with E-state index in [1.807, 2.05) is 6.08 Å². The molecule has 1 rings (SSSR count). The maximum absolute atomic E-state index is 5.40. The first-order valence-corrected chi connectivity index (χ1v) is 5.16. The molecule has 0 unspecified atom stereocenters. The van der Waals surface area contributed by atoms with Gasteiger partial charge < -0.3 is 10.1 Å².